The molecule has 0 aromatic rings. The third-order valence-electron chi connectivity index (χ3n) is 3.25. The van der Waals surface area contributed by atoms with Gasteiger partial charge in [-0.25, -0.2) is 4.79 Å². The topological polar surface area (TPSA) is 38.3 Å². The minimum atomic E-state index is -0.409. The van der Waals surface area contributed by atoms with Gasteiger partial charge in [-0.05, 0) is 40.0 Å². The van der Waals surface area contributed by atoms with Crippen molar-refractivity contribution in [2.45, 2.75) is 77.4 Å². The van der Waals surface area contributed by atoms with Gasteiger partial charge in [0.15, 0.2) is 0 Å². The fraction of sp³-hybridized carbons (Fsp3) is 0.923. The highest BCUT2D eigenvalue weighted by Gasteiger charge is 2.33. The Hall–Kier alpha value is -0.730. The molecule has 0 heterocycles. The van der Waals surface area contributed by atoms with Gasteiger partial charge in [0.25, 0.3) is 0 Å². The molecule has 0 spiro atoms. The molecule has 0 aliphatic heterocycles. The molecule has 1 aliphatic rings. The summed E-state index contributed by atoms with van der Waals surface area (Å²) in [6.45, 7) is 7.83. The molecule has 1 N–H and O–H groups in total. The first-order valence-electron chi connectivity index (χ1n) is 6.38. The van der Waals surface area contributed by atoms with Crippen molar-refractivity contribution >= 4 is 6.09 Å². The Kier molecular flexibility index (Phi) is 4.22. The minimum Gasteiger partial charge on any atom is -0.444 e. The highest BCUT2D eigenvalue weighted by atomic mass is 16.6. The molecule has 0 unspecified atom stereocenters. The fourth-order valence-corrected chi connectivity index (χ4v) is 2.32. The molecule has 1 saturated carbocycles. The van der Waals surface area contributed by atoms with Gasteiger partial charge in [0.1, 0.15) is 5.60 Å². The quantitative estimate of drug-likeness (QED) is 0.782. The van der Waals surface area contributed by atoms with Gasteiger partial charge in [-0.3, -0.25) is 0 Å². The Morgan fingerprint density at radius 1 is 1.25 bits per heavy atom. The molecule has 3 heteroatoms. The number of hydrogen-bond donors (Lipinski definition) is 1. The van der Waals surface area contributed by atoms with Gasteiger partial charge < -0.3 is 10.1 Å². The van der Waals surface area contributed by atoms with E-state index in [4.69, 9.17) is 4.74 Å². The van der Waals surface area contributed by atoms with Gasteiger partial charge in [-0.2, -0.15) is 0 Å². The van der Waals surface area contributed by atoms with E-state index in [0.29, 0.717) is 0 Å². The van der Waals surface area contributed by atoms with Crippen LogP contribution >= 0.6 is 0 Å². The first-order chi connectivity index (χ1) is 7.37. The lowest BCUT2D eigenvalue weighted by Crippen LogP contribution is -2.50. The second-order valence-electron chi connectivity index (χ2n) is 5.82. The van der Waals surface area contributed by atoms with Crippen LogP contribution in [0.5, 0.6) is 0 Å². The maximum atomic E-state index is 11.8. The van der Waals surface area contributed by atoms with Gasteiger partial charge >= 0.3 is 6.09 Å². The lowest BCUT2D eigenvalue weighted by molar-refractivity contribution is 0.0420. The molecule has 1 amide bonds. The summed E-state index contributed by atoms with van der Waals surface area (Å²) in [6, 6.07) is 0. The molecular weight excluding hydrogens is 202 g/mol. The van der Waals surface area contributed by atoms with E-state index in [1.807, 2.05) is 20.8 Å². The van der Waals surface area contributed by atoms with E-state index >= 15 is 0 Å². The molecule has 3 nitrogen and oxygen atoms in total. The molecule has 0 aromatic carbocycles. The molecule has 0 bridgehead atoms. The predicted molar refractivity (Wildman–Crippen MR) is 65.5 cm³/mol. The van der Waals surface area contributed by atoms with Crippen molar-refractivity contribution in [3.63, 3.8) is 0 Å². The van der Waals surface area contributed by atoms with Crippen LogP contribution in [0.1, 0.15) is 66.2 Å². The smallest absolute Gasteiger partial charge is 0.408 e. The van der Waals surface area contributed by atoms with Crippen molar-refractivity contribution in [3.8, 4) is 0 Å². The third kappa shape index (κ3) is 4.03. The summed E-state index contributed by atoms with van der Waals surface area (Å²) in [7, 11) is 0. The summed E-state index contributed by atoms with van der Waals surface area (Å²) >= 11 is 0. The Bertz CT molecular complexity index is 237. The van der Waals surface area contributed by atoms with Gasteiger partial charge in [0.05, 0.1) is 0 Å². The molecule has 0 aromatic heterocycles. The summed E-state index contributed by atoms with van der Waals surface area (Å²) in [5.74, 6) is 0. The van der Waals surface area contributed by atoms with Crippen LogP contribution in [0.2, 0.25) is 0 Å². The van der Waals surface area contributed by atoms with Crippen LogP contribution in [0.25, 0.3) is 0 Å². The summed E-state index contributed by atoms with van der Waals surface area (Å²) in [4.78, 5) is 11.8. The monoisotopic (exact) mass is 227 g/mol. The van der Waals surface area contributed by atoms with Crippen LogP contribution in [-0.2, 0) is 4.74 Å². The highest BCUT2D eigenvalue weighted by Crippen LogP contribution is 2.31. The Morgan fingerprint density at radius 2 is 1.81 bits per heavy atom. The van der Waals surface area contributed by atoms with Crippen LogP contribution < -0.4 is 5.32 Å². The molecule has 0 atom stereocenters. The lowest BCUT2D eigenvalue weighted by Gasteiger charge is -2.37. The van der Waals surface area contributed by atoms with Crippen LogP contribution in [0.3, 0.4) is 0 Å². The summed E-state index contributed by atoms with van der Waals surface area (Å²) in [6.07, 6.45) is 6.61. The average Bonchev–Trinajstić information content (AvgIpc) is 2.16. The average molecular weight is 227 g/mol. The number of ether oxygens (including phenoxy) is 1. The van der Waals surface area contributed by atoms with E-state index in [1.54, 1.807) is 0 Å². The second kappa shape index (κ2) is 5.07. The number of hydrogen-bond acceptors (Lipinski definition) is 2. The first kappa shape index (κ1) is 13.3. The molecule has 16 heavy (non-hydrogen) atoms. The van der Waals surface area contributed by atoms with E-state index in [0.717, 1.165) is 19.3 Å². The maximum Gasteiger partial charge on any atom is 0.408 e. The number of rotatable bonds is 2. The van der Waals surface area contributed by atoms with Crippen LogP contribution in [-0.4, -0.2) is 17.2 Å². The highest BCUT2D eigenvalue weighted by molar-refractivity contribution is 5.68. The third-order valence-corrected chi connectivity index (χ3v) is 3.25. The largest absolute Gasteiger partial charge is 0.444 e. The molecule has 1 fully saturated rings. The second-order valence-corrected chi connectivity index (χ2v) is 5.82. The Balaban J connectivity index is 2.52. The summed E-state index contributed by atoms with van der Waals surface area (Å²) < 4.78 is 5.32. The Labute approximate surface area is 98.9 Å². The van der Waals surface area contributed by atoms with Gasteiger partial charge in [-0.1, -0.05) is 26.2 Å². The summed E-state index contributed by atoms with van der Waals surface area (Å²) in [5, 5.41) is 3.08. The standard InChI is InChI=1S/C13H25NO2/c1-5-13(9-7-6-8-10-13)14-11(15)16-12(2,3)4/h5-10H2,1-4H3,(H,14,15). The van der Waals surface area contributed by atoms with E-state index in [2.05, 4.69) is 12.2 Å². The zero-order valence-corrected chi connectivity index (χ0v) is 11.1. The summed E-state index contributed by atoms with van der Waals surface area (Å²) in [5.41, 5.74) is -0.422. The molecule has 94 valence electrons. The predicted octanol–water partition coefficient (Wildman–Crippen LogP) is 3.62. The van der Waals surface area contributed by atoms with Crippen molar-refractivity contribution in [1.29, 1.82) is 0 Å². The van der Waals surface area contributed by atoms with E-state index in [9.17, 15) is 4.79 Å². The van der Waals surface area contributed by atoms with Crippen molar-refractivity contribution in [3.05, 3.63) is 0 Å². The van der Waals surface area contributed by atoms with Crippen LogP contribution in [0.4, 0.5) is 4.79 Å². The van der Waals surface area contributed by atoms with E-state index < -0.39 is 5.60 Å². The molecule has 0 radical (unpaired) electrons. The SMILES string of the molecule is CCC1(NC(=O)OC(C)(C)C)CCCCC1. The van der Waals surface area contributed by atoms with E-state index in [1.165, 1.54) is 19.3 Å². The number of amides is 1. The molecule has 1 aliphatic carbocycles. The zero-order valence-electron chi connectivity index (χ0n) is 11.1. The van der Waals surface area contributed by atoms with E-state index in [-0.39, 0.29) is 11.6 Å². The number of carbonyl (C=O) groups excluding carboxylic acids is 1. The lowest BCUT2D eigenvalue weighted by atomic mass is 9.80. The molecular formula is C13H25NO2. The molecule has 1 rings (SSSR count). The number of nitrogens with one attached hydrogen (secondary N) is 1. The molecule has 0 saturated heterocycles. The number of carbonyl (C=O) groups is 1. The first-order valence-corrected chi connectivity index (χ1v) is 6.38. The van der Waals surface area contributed by atoms with Crippen LogP contribution in [0.15, 0.2) is 0 Å². The van der Waals surface area contributed by atoms with Crippen molar-refractivity contribution < 1.29 is 9.53 Å². The van der Waals surface area contributed by atoms with Crippen molar-refractivity contribution in [1.82, 2.24) is 5.32 Å². The maximum absolute atomic E-state index is 11.8. The minimum absolute atomic E-state index is 0.0133. The van der Waals surface area contributed by atoms with Crippen LogP contribution in [0, 0.1) is 0 Å². The van der Waals surface area contributed by atoms with Crippen molar-refractivity contribution in [2.24, 2.45) is 0 Å². The fourth-order valence-electron chi connectivity index (χ4n) is 2.32. The van der Waals surface area contributed by atoms with Gasteiger partial charge in [-0.15, -0.1) is 0 Å². The van der Waals surface area contributed by atoms with Gasteiger partial charge in [0.2, 0.25) is 0 Å². The normalized spacial score (nSPS) is 20.2. The van der Waals surface area contributed by atoms with Gasteiger partial charge in [0, 0.05) is 5.54 Å². The Morgan fingerprint density at radius 3 is 2.25 bits per heavy atom. The zero-order chi connectivity index (χ0) is 12.2. The van der Waals surface area contributed by atoms with Crippen molar-refractivity contribution in [2.75, 3.05) is 0 Å². The number of alkyl carbamates (subject to hydrolysis) is 1.